The smallest absolute Gasteiger partial charge is 0.206 e. The van der Waals surface area contributed by atoms with Crippen LogP contribution < -0.4 is 5.32 Å². The van der Waals surface area contributed by atoms with E-state index in [4.69, 9.17) is 0 Å². The van der Waals surface area contributed by atoms with Crippen LogP contribution in [0.1, 0.15) is 19.8 Å². The molecule has 1 aliphatic rings. The fourth-order valence-electron chi connectivity index (χ4n) is 2.70. The molecule has 2 aromatic rings. The van der Waals surface area contributed by atoms with Crippen LogP contribution in [0.3, 0.4) is 0 Å². The summed E-state index contributed by atoms with van der Waals surface area (Å²) in [5.74, 6) is 0.813. The van der Waals surface area contributed by atoms with Crippen molar-refractivity contribution in [3.63, 3.8) is 0 Å². The predicted octanol–water partition coefficient (Wildman–Crippen LogP) is 2.10. The lowest BCUT2D eigenvalue weighted by Crippen LogP contribution is -2.40. The highest BCUT2D eigenvalue weighted by molar-refractivity contribution is 7.18. The summed E-state index contributed by atoms with van der Waals surface area (Å²) < 4.78 is 0. The maximum Gasteiger partial charge on any atom is 0.206 e. The van der Waals surface area contributed by atoms with E-state index < -0.39 is 6.10 Å². The van der Waals surface area contributed by atoms with Crippen molar-refractivity contribution < 1.29 is 5.11 Å². The summed E-state index contributed by atoms with van der Waals surface area (Å²) in [5, 5.41) is 23.1. The molecule has 6 nitrogen and oxygen atoms in total. The van der Waals surface area contributed by atoms with Gasteiger partial charge >= 0.3 is 0 Å². The van der Waals surface area contributed by atoms with Crippen molar-refractivity contribution in [1.29, 1.82) is 0 Å². The standard InChI is InChI=1S/C16H23N5OS/c1-12-5-8-21(9-6-12)11-13(22)10-18-16-20-19-15(23-16)14-4-2-3-7-17-14/h2-4,7,12-13,22H,5-6,8-11H2,1H3,(H,18,20). The number of β-amino-alcohol motifs (C(OH)–C–C–N with tert-alkyl or cyclic N) is 1. The van der Waals surface area contributed by atoms with Crippen molar-refractivity contribution in [1.82, 2.24) is 20.1 Å². The summed E-state index contributed by atoms with van der Waals surface area (Å²) in [6.45, 7) is 5.67. The molecule has 23 heavy (non-hydrogen) atoms. The van der Waals surface area contributed by atoms with Crippen molar-refractivity contribution in [2.45, 2.75) is 25.9 Å². The Morgan fingerprint density at radius 2 is 2.17 bits per heavy atom. The van der Waals surface area contributed by atoms with E-state index >= 15 is 0 Å². The van der Waals surface area contributed by atoms with Crippen LogP contribution in [-0.4, -0.2) is 57.5 Å². The van der Waals surface area contributed by atoms with Crippen LogP contribution >= 0.6 is 11.3 Å². The van der Waals surface area contributed by atoms with Gasteiger partial charge in [-0.2, -0.15) is 0 Å². The minimum atomic E-state index is -0.398. The highest BCUT2D eigenvalue weighted by Gasteiger charge is 2.18. The number of aromatic nitrogens is 3. The lowest BCUT2D eigenvalue weighted by Gasteiger charge is -2.31. The van der Waals surface area contributed by atoms with E-state index in [9.17, 15) is 5.11 Å². The number of aliphatic hydroxyl groups excluding tert-OH is 1. The zero-order valence-electron chi connectivity index (χ0n) is 13.4. The highest BCUT2D eigenvalue weighted by Crippen LogP contribution is 2.24. The van der Waals surface area contributed by atoms with Crippen molar-refractivity contribution in [2.75, 3.05) is 31.5 Å². The lowest BCUT2D eigenvalue weighted by atomic mass is 9.99. The van der Waals surface area contributed by atoms with E-state index in [0.717, 1.165) is 34.8 Å². The molecule has 2 aromatic heterocycles. The van der Waals surface area contributed by atoms with Gasteiger partial charge in [0.1, 0.15) is 5.69 Å². The second kappa shape index (κ2) is 7.81. The number of hydrogen-bond donors (Lipinski definition) is 2. The number of pyridine rings is 1. The number of hydrogen-bond acceptors (Lipinski definition) is 7. The SMILES string of the molecule is CC1CCN(CC(O)CNc2nnc(-c3ccccn3)s2)CC1. The quantitative estimate of drug-likeness (QED) is 0.843. The van der Waals surface area contributed by atoms with Crippen molar-refractivity contribution >= 4 is 16.5 Å². The van der Waals surface area contributed by atoms with E-state index in [0.29, 0.717) is 13.1 Å². The summed E-state index contributed by atoms with van der Waals surface area (Å²) >= 11 is 1.45. The first kappa shape index (κ1) is 16.3. The largest absolute Gasteiger partial charge is 0.390 e. The maximum absolute atomic E-state index is 10.2. The molecule has 0 radical (unpaired) electrons. The molecule has 0 amide bonds. The Bertz CT molecular complexity index is 598. The topological polar surface area (TPSA) is 74.2 Å². The van der Waals surface area contributed by atoms with Crippen LogP contribution in [0.2, 0.25) is 0 Å². The molecule has 1 fully saturated rings. The van der Waals surface area contributed by atoms with E-state index in [1.54, 1.807) is 6.20 Å². The molecule has 1 unspecified atom stereocenters. The molecule has 0 aliphatic carbocycles. The number of anilines is 1. The number of nitrogens with zero attached hydrogens (tertiary/aromatic N) is 4. The zero-order valence-corrected chi connectivity index (χ0v) is 14.2. The molecule has 7 heteroatoms. The van der Waals surface area contributed by atoms with Gasteiger partial charge in [-0.1, -0.05) is 24.3 Å². The average Bonchev–Trinajstić information content (AvgIpc) is 3.05. The van der Waals surface area contributed by atoms with E-state index in [-0.39, 0.29) is 0 Å². The third kappa shape index (κ3) is 4.70. The molecule has 0 bridgehead atoms. The molecular weight excluding hydrogens is 310 g/mol. The van der Waals surface area contributed by atoms with Gasteiger partial charge in [0, 0.05) is 19.3 Å². The molecule has 1 aliphatic heterocycles. The number of aliphatic hydroxyl groups is 1. The highest BCUT2D eigenvalue weighted by atomic mass is 32.1. The summed E-state index contributed by atoms with van der Waals surface area (Å²) in [7, 11) is 0. The second-order valence-electron chi connectivity index (χ2n) is 6.15. The van der Waals surface area contributed by atoms with Gasteiger partial charge in [-0.05, 0) is 44.0 Å². The number of nitrogens with one attached hydrogen (secondary N) is 1. The molecule has 124 valence electrons. The molecular formula is C16H23N5OS. The number of likely N-dealkylation sites (tertiary alicyclic amines) is 1. The predicted molar refractivity (Wildman–Crippen MR) is 92.5 cm³/mol. The third-order valence-electron chi connectivity index (χ3n) is 4.14. The minimum Gasteiger partial charge on any atom is -0.390 e. The van der Waals surface area contributed by atoms with Crippen molar-refractivity contribution in [3.8, 4) is 10.7 Å². The van der Waals surface area contributed by atoms with Crippen molar-refractivity contribution in [3.05, 3.63) is 24.4 Å². The van der Waals surface area contributed by atoms with Gasteiger partial charge in [0.15, 0.2) is 5.01 Å². The first-order valence-corrected chi connectivity index (χ1v) is 8.91. The minimum absolute atomic E-state index is 0.398. The molecule has 1 saturated heterocycles. The number of rotatable bonds is 6. The Kier molecular flexibility index (Phi) is 5.53. The van der Waals surface area contributed by atoms with Gasteiger partial charge in [-0.3, -0.25) is 4.98 Å². The number of piperidine rings is 1. The maximum atomic E-state index is 10.2. The normalized spacial score (nSPS) is 18.0. The molecule has 3 heterocycles. The Hall–Kier alpha value is -1.57. The average molecular weight is 333 g/mol. The van der Waals surface area contributed by atoms with E-state index in [1.165, 1.54) is 24.2 Å². The van der Waals surface area contributed by atoms with Crippen LogP contribution in [0.5, 0.6) is 0 Å². The first-order valence-electron chi connectivity index (χ1n) is 8.10. The lowest BCUT2D eigenvalue weighted by molar-refractivity contribution is 0.0990. The molecule has 0 saturated carbocycles. The van der Waals surface area contributed by atoms with Gasteiger partial charge in [0.2, 0.25) is 5.13 Å². The summed E-state index contributed by atoms with van der Waals surface area (Å²) in [4.78, 5) is 6.60. The van der Waals surface area contributed by atoms with Crippen LogP contribution in [0.15, 0.2) is 24.4 Å². The Balaban J connectivity index is 1.46. The monoisotopic (exact) mass is 333 g/mol. The molecule has 1 atom stereocenters. The van der Waals surface area contributed by atoms with Crippen LogP contribution in [0, 0.1) is 5.92 Å². The van der Waals surface area contributed by atoms with Gasteiger partial charge in [0.05, 0.1) is 6.10 Å². The first-order chi connectivity index (χ1) is 11.2. The molecule has 2 N–H and O–H groups in total. The molecule has 3 rings (SSSR count). The van der Waals surface area contributed by atoms with Gasteiger partial charge in [0.25, 0.3) is 0 Å². The summed E-state index contributed by atoms with van der Waals surface area (Å²) in [5.41, 5.74) is 0.820. The second-order valence-corrected chi connectivity index (χ2v) is 7.12. The van der Waals surface area contributed by atoms with Crippen LogP contribution in [0.4, 0.5) is 5.13 Å². The van der Waals surface area contributed by atoms with Gasteiger partial charge < -0.3 is 15.3 Å². The molecule has 0 spiro atoms. The van der Waals surface area contributed by atoms with Crippen LogP contribution in [-0.2, 0) is 0 Å². The van der Waals surface area contributed by atoms with Gasteiger partial charge in [-0.15, -0.1) is 10.2 Å². The summed E-state index contributed by atoms with van der Waals surface area (Å²) in [6.07, 6.45) is 3.80. The summed E-state index contributed by atoms with van der Waals surface area (Å²) in [6, 6.07) is 5.72. The van der Waals surface area contributed by atoms with E-state index in [1.807, 2.05) is 18.2 Å². The third-order valence-corrected chi connectivity index (χ3v) is 5.05. The van der Waals surface area contributed by atoms with Crippen molar-refractivity contribution in [2.24, 2.45) is 5.92 Å². The van der Waals surface area contributed by atoms with Crippen LogP contribution in [0.25, 0.3) is 10.7 Å². The molecule has 0 aromatic carbocycles. The fourth-order valence-corrected chi connectivity index (χ4v) is 3.43. The Morgan fingerprint density at radius 3 is 2.91 bits per heavy atom. The van der Waals surface area contributed by atoms with Gasteiger partial charge in [-0.25, -0.2) is 0 Å². The Morgan fingerprint density at radius 1 is 1.35 bits per heavy atom. The Labute approximate surface area is 140 Å². The van der Waals surface area contributed by atoms with E-state index in [2.05, 4.69) is 32.3 Å². The fraction of sp³-hybridized carbons (Fsp3) is 0.562. The zero-order chi connectivity index (χ0) is 16.1.